The van der Waals surface area contributed by atoms with Gasteiger partial charge in [-0.2, -0.15) is 12.6 Å². The molecule has 0 saturated carbocycles. The summed E-state index contributed by atoms with van der Waals surface area (Å²) in [5.41, 5.74) is 5.46. The second-order valence-corrected chi connectivity index (χ2v) is 4.73. The largest absolute Gasteiger partial charge is 0.374 e. The highest BCUT2D eigenvalue weighted by atomic mass is 32.1. The number of hydrogen-bond acceptors (Lipinski definition) is 8. The van der Waals surface area contributed by atoms with Crippen LogP contribution in [0.15, 0.2) is 6.20 Å². The molecule has 0 amide bonds. The lowest BCUT2D eigenvalue weighted by molar-refractivity contribution is -0.391. The fourth-order valence-corrected chi connectivity index (χ4v) is 2.35. The van der Waals surface area contributed by atoms with Crippen LogP contribution in [0.5, 0.6) is 0 Å². The third-order valence-corrected chi connectivity index (χ3v) is 3.59. The van der Waals surface area contributed by atoms with Crippen molar-refractivity contribution in [1.29, 1.82) is 0 Å². The zero-order valence-electron chi connectivity index (χ0n) is 8.64. The number of thiol groups is 1. The third kappa shape index (κ3) is 2.08. The van der Waals surface area contributed by atoms with Crippen LogP contribution in [0.25, 0.3) is 0 Å². The van der Waals surface area contributed by atoms with Gasteiger partial charge in [-0.15, -0.1) is 10.2 Å². The zero-order chi connectivity index (χ0) is 12.6. The van der Waals surface area contributed by atoms with Crippen molar-refractivity contribution in [3.63, 3.8) is 0 Å². The highest BCUT2D eigenvalue weighted by molar-refractivity contribution is 7.80. The zero-order valence-corrected chi connectivity index (χ0v) is 10.4. The van der Waals surface area contributed by atoms with Gasteiger partial charge in [0, 0.05) is 0 Å². The van der Waals surface area contributed by atoms with Crippen LogP contribution < -0.4 is 5.73 Å². The SMILES string of the molecule is Cn1c([N+](=O)[O-])cnc1C(S)c1nnc(N)s1. The van der Waals surface area contributed by atoms with Crippen LogP contribution >= 0.6 is 24.0 Å². The molecular formula is C7H8N6O2S2. The molecule has 0 bridgehead atoms. The van der Waals surface area contributed by atoms with Gasteiger partial charge in [-0.3, -0.25) is 0 Å². The number of nitrogens with zero attached hydrogens (tertiary/aromatic N) is 5. The predicted molar refractivity (Wildman–Crippen MR) is 65.0 cm³/mol. The van der Waals surface area contributed by atoms with Crippen molar-refractivity contribution in [2.24, 2.45) is 7.05 Å². The molecule has 1 unspecified atom stereocenters. The predicted octanol–water partition coefficient (Wildman–Crippen LogP) is 0.781. The second-order valence-electron chi connectivity index (χ2n) is 3.17. The first kappa shape index (κ1) is 11.8. The summed E-state index contributed by atoms with van der Waals surface area (Å²) in [6.07, 6.45) is 1.18. The van der Waals surface area contributed by atoms with Crippen molar-refractivity contribution < 1.29 is 4.92 Å². The normalized spacial score (nSPS) is 12.6. The second kappa shape index (κ2) is 4.30. The van der Waals surface area contributed by atoms with E-state index in [-0.39, 0.29) is 5.82 Å². The number of imidazole rings is 1. The van der Waals surface area contributed by atoms with E-state index in [1.54, 1.807) is 7.05 Å². The van der Waals surface area contributed by atoms with Crippen molar-refractivity contribution in [1.82, 2.24) is 19.7 Å². The number of hydrogen-bond donors (Lipinski definition) is 2. The summed E-state index contributed by atoms with van der Waals surface area (Å²) >= 11 is 5.49. The van der Waals surface area contributed by atoms with Gasteiger partial charge in [0.25, 0.3) is 0 Å². The third-order valence-electron chi connectivity index (χ3n) is 2.12. The Balaban J connectivity index is 2.38. The maximum Gasteiger partial charge on any atom is 0.342 e. The van der Waals surface area contributed by atoms with E-state index in [9.17, 15) is 10.1 Å². The Bertz CT molecular complexity index is 564. The Hall–Kier alpha value is -1.68. The van der Waals surface area contributed by atoms with Crippen molar-refractivity contribution >= 4 is 34.9 Å². The topological polar surface area (TPSA) is 113 Å². The van der Waals surface area contributed by atoms with Gasteiger partial charge in [0.05, 0.1) is 7.05 Å². The van der Waals surface area contributed by atoms with Gasteiger partial charge in [0.15, 0.2) is 0 Å². The first-order valence-electron chi connectivity index (χ1n) is 4.43. The molecule has 0 aromatic carbocycles. The molecule has 2 aromatic rings. The monoisotopic (exact) mass is 272 g/mol. The highest BCUT2D eigenvalue weighted by Crippen LogP contribution is 2.31. The molecule has 2 aromatic heterocycles. The number of aromatic nitrogens is 4. The van der Waals surface area contributed by atoms with Crippen molar-refractivity contribution in [2.75, 3.05) is 5.73 Å². The van der Waals surface area contributed by atoms with Gasteiger partial charge in [0.1, 0.15) is 16.5 Å². The number of nitro groups is 1. The lowest BCUT2D eigenvalue weighted by Gasteiger charge is -2.03. The number of anilines is 1. The van der Waals surface area contributed by atoms with Gasteiger partial charge in [-0.05, 0) is 4.92 Å². The van der Waals surface area contributed by atoms with E-state index in [4.69, 9.17) is 5.73 Å². The fourth-order valence-electron chi connectivity index (χ4n) is 1.31. The van der Waals surface area contributed by atoms with Gasteiger partial charge in [-0.1, -0.05) is 11.3 Å². The first-order valence-corrected chi connectivity index (χ1v) is 5.77. The molecule has 90 valence electrons. The van der Waals surface area contributed by atoms with Gasteiger partial charge >= 0.3 is 5.82 Å². The molecule has 0 spiro atoms. The molecule has 0 radical (unpaired) electrons. The molecule has 10 heteroatoms. The van der Waals surface area contributed by atoms with Crippen LogP contribution in [0.3, 0.4) is 0 Å². The van der Waals surface area contributed by atoms with E-state index in [2.05, 4.69) is 27.8 Å². The van der Waals surface area contributed by atoms with E-state index in [0.717, 1.165) is 0 Å². The maximum absolute atomic E-state index is 10.7. The van der Waals surface area contributed by atoms with E-state index in [1.165, 1.54) is 22.1 Å². The molecule has 2 rings (SSSR count). The molecule has 2 heterocycles. The molecule has 0 aliphatic rings. The highest BCUT2D eigenvalue weighted by Gasteiger charge is 2.25. The minimum atomic E-state index is -0.508. The van der Waals surface area contributed by atoms with Crippen LogP contribution in [-0.4, -0.2) is 24.7 Å². The average Bonchev–Trinajstić information content (AvgIpc) is 2.83. The van der Waals surface area contributed by atoms with Crippen molar-refractivity contribution in [3.05, 3.63) is 27.1 Å². The van der Waals surface area contributed by atoms with Crippen LogP contribution in [0.2, 0.25) is 0 Å². The molecule has 0 fully saturated rings. The smallest absolute Gasteiger partial charge is 0.342 e. The van der Waals surface area contributed by atoms with Gasteiger partial charge in [0.2, 0.25) is 11.0 Å². The maximum atomic E-state index is 10.7. The number of nitrogen functional groups attached to an aromatic ring is 1. The minimum absolute atomic E-state index is 0.100. The summed E-state index contributed by atoms with van der Waals surface area (Å²) in [6, 6.07) is 0. The fraction of sp³-hybridized carbons (Fsp3) is 0.286. The van der Waals surface area contributed by atoms with Gasteiger partial charge < -0.3 is 15.8 Å². The molecule has 1 atom stereocenters. The summed E-state index contributed by atoms with van der Waals surface area (Å²) in [5, 5.41) is 18.6. The van der Waals surface area contributed by atoms with Crippen LogP contribution in [0, 0.1) is 10.1 Å². The van der Waals surface area contributed by atoms with Crippen LogP contribution in [-0.2, 0) is 7.05 Å². The van der Waals surface area contributed by atoms with Crippen molar-refractivity contribution in [2.45, 2.75) is 5.25 Å². The molecule has 0 aliphatic heterocycles. The molecule has 0 saturated heterocycles. The van der Waals surface area contributed by atoms with Crippen molar-refractivity contribution in [3.8, 4) is 0 Å². The quantitative estimate of drug-likeness (QED) is 0.485. The minimum Gasteiger partial charge on any atom is -0.374 e. The summed E-state index contributed by atoms with van der Waals surface area (Å²) in [6.45, 7) is 0. The lowest BCUT2D eigenvalue weighted by Crippen LogP contribution is -2.05. The molecule has 0 aliphatic carbocycles. The van der Waals surface area contributed by atoms with Crippen LogP contribution in [0.1, 0.15) is 16.1 Å². The summed E-state index contributed by atoms with van der Waals surface area (Å²) < 4.78 is 1.36. The number of nitrogens with two attached hydrogens (primary N) is 1. The number of rotatable bonds is 3. The standard InChI is InChI=1S/C7H8N6O2S2/c1-12-3(13(14)15)2-9-5(12)4(16)6-10-11-7(8)17-6/h2,4,16H,1H3,(H2,8,11). The summed E-state index contributed by atoms with van der Waals surface area (Å²) in [4.78, 5) is 14.1. The molecule has 17 heavy (non-hydrogen) atoms. The summed E-state index contributed by atoms with van der Waals surface area (Å²) in [7, 11) is 1.55. The van der Waals surface area contributed by atoms with E-state index < -0.39 is 10.2 Å². The average molecular weight is 272 g/mol. The van der Waals surface area contributed by atoms with E-state index in [1.807, 2.05) is 0 Å². The Morgan fingerprint density at radius 3 is 2.82 bits per heavy atom. The molecule has 8 nitrogen and oxygen atoms in total. The van der Waals surface area contributed by atoms with Crippen LogP contribution in [0.4, 0.5) is 10.9 Å². The van der Waals surface area contributed by atoms with E-state index >= 15 is 0 Å². The Labute approximate surface area is 105 Å². The molecule has 2 N–H and O–H groups in total. The summed E-state index contributed by atoms with van der Waals surface area (Å²) in [5.74, 6) is 0.327. The van der Waals surface area contributed by atoms with Gasteiger partial charge in [-0.25, -0.2) is 9.55 Å². The Morgan fingerprint density at radius 2 is 2.35 bits per heavy atom. The molecular weight excluding hydrogens is 264 g/mol. The Kier molecular flexibility index (Phi) is 2.98. The Morgan fingerprint density at radius 1 is 1.65 bits per heavy atom. The lowest BCUT2D eigenvalue weighted by atomic mass is 10.4. The van der Waals surface area contributed by atoms with E-state index in [0.29, 0.717) is 16.0 Å². The first-order chi connectivity index (χ1) is 8.00.